The van der Waals surface area contributed by atoms with Crippen molar-refractivity contribution in [3.8, 4) is 11.5 Å². The first-order valence-corrected chi connectivity index (χ1v) is 11.0. The van der Waals surface area contributed by atoms with Gasteiger partial charge < -0.3 is 24.3 Å². The summed E-state index contributed by atoms with van der Waals surface area (Å²) >= 11 is 6.03. The van der Waals surface area contributed by atoms with Crippen molar-refractivity contribution >= 4 is 40.0 Å². The Morgan fingerprint density at radius 2 is 2.03 bits per heavy atom. The molecule has 2 aliphatic heterocycles. The van der Waals surface area contributed by atoms with Crippen molar-refractivity contribution in [3.63, 3.8) is 0 Å². The van der Waals surface area contributed by atoms with Crippen LogP contribution < -0.4 is 19.9 Å². The SMILES string of the molecule is CCN(Cc1nc2cc(Cl)ccc2c(=O)[nH]1)C(=O)[C@@H]1CC(=O)N(c2ccc3c(c2)OCO3)C1. The summed E-state index contributed by atoms with van der Waals surface area (Å²) in [5.41, 5.74) is 0.843. The van der Waals surface area contributed by atoms with Gasteiger partial charge in [0.05, 0.1) is 23.4 Å². The maximum absolute atomic E-state index is 13.3. The van der Waals surface area contributed by atoms with Crippen LogP contribution in [0.5, 0.6) is 11.5 Å². The van der Waals surface area contributed by atoms with Crippen LogP contribution in [0.3, 0.4) is 0 Å². The zero-order valence-corrected chi connectivity index (χ0v) is 18.6. The molecule has 2 aromatic carbocycles. The second-order valence-electron chi connectivity index (χ2n) is 7.97. The van der Waals surface area contributed by atoms with Gasteiger partial charge in [-0.25, -0.2) is 4.98 Å². The molecule has 1 N–H and O–H groups in total. The molecule has 33 heavy (non-hydrogen) atoms. The first-order valence-electron chi connectivity index (χ1n) is 10.6. The molecule has 0 aliphatic carbocycles. The number of amides is 2. The van der Waals surface area contributed by atoms with Gasteiger partial charge in [0, 0.05) is 36.3 Å². The van der Waals surface area contributed by atoms with Crippen LogP contribution in [0.15, 0.2) is 41.2 Å². The maximum atomic E-state index is 13.3. The third-order valence-corrected chi connectivity index (χ3v) is 6.13. The Morgan fingerprint density at radius 1 is 1.21 bits per heavy atom. The van der Waals surface area contributed by atoms with Crippen molar-refractivity contribution in [1.29, 1.82) is 0 Å². The van der Waals surface area contributed by atoms with E-state index in [1.807, 2.05) is 6.92 Å². The maximum Gasteiger partial charge on any atom is 0.258 e. The van der Waals surface area contributed by atoms with E-state index in [4.69, 9.17) is 21.1 Å². The summed E-state index contributed by atoms with van der Waals surface area (Å²) in [6.07, 6.45) is 0.112. The lowest BCUT2D eigenvalue weighted by atomic mass is 10.1. The van der Waals surface area contributed by atoms with Gasteiger partial charge in [0.15, 0.2) is 11.5 Å². The van der Waals surface area contributed by atoms with Gasteiger partial charge in [0.1, 0.15) is 5.82 Å². The number of ether oxygens (including phenoxy) is 2. The molecule has 170 valence electrons. The molecule has 3 heterocycles. The summed E-state index contributed by atoms with van der Waals surface area (Å²) in [5, 5.41) is 0.904. The largest absolute Gasteiger partial charge is 0.454 e. The molecule has 1 atom stereocenters. The highest BCUT2D eigenvalue weighted by molar-refractivity contribution is 6.31. The van der Waals surface area contributed by atoms with Crippen molar-refractivity contribution in [2.75, 3.05) is 24.8 Å². The molecule has 5 rings (SSSR count). The number of rotatable bonds is 5. The molecule has 1 saturated heterocycles. The minimum absolute atomic E-state index is 0.112. The molecule has 10 heteroatoms. The smallest absolute Gasteiger partial charge is 0.258 e. The van der Waals surface area contributed by atoms with E-state index >= 15 is 0 Å². The molecule has 2 aliphatic rings. The number of anilines is 1. The number of hydrogen-bond acceptors (Lipinski definition) is 6. The standard InChI is InChI=1S/C23H21ClN4O5/c1-2-27(11-20-25-17-8-14(24)3-5-16(17)22(30)26-20)23(31)13-7-21(29)28(10-13)15-4-6-18-19(9-15)33-12-32-18/h3-6,8-9,13H,2,7,10-12H2,1H3,(H,25,26,30)/t13-/m1/s1. The van der Waals surface area contributed by atoms with E-state index in [1.54, 1.807) is 46.2 Å². The highest BCUT2D eigenvalue weighted by atomic mass is 35.5. The summed E-state index contributed by atoms with van der Waals surface area (Å²) in [6, 6.07) is 10.2. The fourth-order valence-electron chi connectivity index (χ4n) is 4.20. The Kier molecular flexibility index (Phi) is 5.41. The molecular weight excluding hydrogens is 448 g/mol. The topological polar surface area (TPSA) is 105 Å². The summed E-state index contributed by atoms with van der Waals surface area (Å²) in [5.74, 6) is 0.787. The van der Waals surface area contributed by atoms with Crippen molar-refractivity contribution in [3.05, 3.63) is 57.6 Å². The predicted molar refractivity (Wildman–Crippen MR) is 121 cm³/mol. The van der Waals surface area contributed by atoms with Gasteiger partial charge in [0.2, 0.25) is 18.6 Å². The van der Waals surface area contributed by atoms with E-state index in [-0.39, 0.29) is 43.7 Å². The third-order valence-electron chi connectivity index (χ3n) is 5.89. The van der Waals surface area contributed by atoms with Crippen LogP contribution in [-0.2, 0) is 16.1 Å². The summed E-state index contributed by atoms with van der Waals surface area (Å²) in [7, 11) is 0. The number of carbonyl (C=O) groups is 2. The fraction of sp³-hybridized carbons (Fsp3) is 0.304. The first-order chi connectivity index (χ1) is 15.9. The lowest BCUT2D eigenvalue weighted by Gasteiger charge is -2.24. The van der Waals surface area contributed by atoms with Gasteiger partial charge >= 0.3 is 0 Å². The zero-order chi connectivity index (χ0) is 23.1. The van der Waals surface area contributed by atoms with Crippen LogP contribution >= 0.6 is 11.6 Å². The molecule has 0 bridgehead atoms. The number of benzene rings is 2. The average Bonchev–Trinajstić information content (AvgIpc) is 3.42. The summed E-state index contributed by atoms with van der Waals surface area (Å²) in [4.78, 5) is 48.8. The van der Waals surface area contributed by atoms with Gasteiger partial charge in [-0.3, -0.25) is 14.4 Å². The number of fused-ring (bicyclic) bond motifs is 2. The van der Waals surface area contributed by atoms with Crippen molar-refractivity contribution in [1.82, 2.24) is 14.9 Å². The molecular formula is C23H21ClN4O5. The molecule has 0 spiro atoms. The van der Waals surface area contributed by atoms with E-state index in [9.17, 15) is 14.4 Å². The fourth-order valence-corrected chi connectivity index (χ4v) is 4.36. The molecule has 1 aromatic heterocycles. The highest BCUT2D eigenvalue weighted by Crippen LogP contribution is 2.37. The normalized spacial score (nSPS) is 17.1. The quantitative estimate of drug-likeness (QED) is 0.617. The molecule has 3 aromatic rings. The van der Waals surface area contributed by atoms with Crippen molar-refractivity contribution in [2.45, 2.75) is 19.9 Å². The Labute approximate surface area is 193 Å². The number of nitrogens with one attached hydrogen (secondary N) is 1. The number of carbonyl (C=O) groups excluding carboxylic acids is 2. The Bertz CT molecular complexity index is 1320. The number of H-pyrrole nitrogens is 1. The summed E-state index contributed by atoms with van der Waals surface area (Å²) in [6.45, 7) is 2.80. The number of aromatic amines is 1. The average molecular weight is 469 g/mol. The second-order valence-corrected chi connectivity index (χ2v) is 8.41. The van der Waals surface area contributed by atoms with Crippen LogP contribution in [-0.4, -0.2) is 46.6 Å². The molecule has 0 radical (unpaired) electrons. The molecule has 2 amide bonds. The lowest BCUT2D eigenvalue weighted by molar-refractivity contribution is -0.136. The minimum atomic E-state index is -0.496. The highest BCUT2D eigenvalue weighted by Gasteiger charge is 2.37. The van der Waals surface area contributed by atoms with Gasteiger partial charge in [-0.2, -0.15) is 0 Å². The van der Waals surface area contributed by atoms with Gasteiger partial charge in [-0.05, 0) is 37.3 Å². The molecule has 9 nitrogen and oxygen atoms in total. The summed E-state index contributed by atoms with van der Waals surface area (Å²) < 4.78 is 10.7. The first kappa shape index (κ1) is 21.3. The number of nitrogens with zero attached hydrogens (tertiary/aromatic N) is 3. The lowest BCUT2D eigenvalue weighted by Crippen LogP contribution is -2.37. The van der Waals surface area contributed by atoms with Crippen LogP contribution in [0.25, 0.3) is 10.9 Å². The number of hydrogen-bond donors (Lipinski definition) is 1. The van der Waals surface area contributed by atoms with Crippen LogP contribution in [0, 0.1) is 5.92 Å². The van der Waals surface area contributed by atoms with Gasteiger partial charge in [-0.15, -0.1) is 0 Å². The molecule has 0 unspecified atom stereocenters. The van der Waals surface area contributed by atoms with Crippen molar-refractivity contribution in [2.24, 2.45) is 5.92 Å². The molecule has 1 fully saturated rings. The number of aromatic nitrogens is 2. The van der Waals surface area contributed by atoms with Gasteiger partial charge in [-0.1, -0.05) is 11.6 Å². The van der Waals surface area contributed by atoms with Crippen LogP contribution in [0.1, 0.15) is 19.2 Å². The van der Waals surface area contributed by atoms with E-state index in [2.05, 4.69) is 9.97 Å². The third kappa shape index (κ3) is 4.00. The Morgan fingerprint density at radius 3 is 2.85 bits per heavy atom. The number of halogens is 1. The zero-order valence-electron chi connectivity index (χ0n) is 17.8. The van der Waals surface area contributed by atoms with Crippen LogP contribution in [0.4, 0.5) is 5.69 Å². The van der Waals surface area contributed by atoms with E-state index in [0.717, 1.165) is 0 Å². The Balaban J connectivity index is 1.33. The predicted octanol–water partition coefficient (Wildman–Crippen LogP) is 2.71. The van der Waals surface area contributed by atoms with Gasteiger partial charge in [0.25, 0.3) is 5.56 Å². The van der Waals surface area contributed by atoms with Crippen LogP contribution in [0.2, 0.25) is 5.02 Å². The van der Waals surface area contributed by atoms with E-state index in [0.29, 0.717) is 45.5 Å². The second kappa shape index (κ2) is 8.40. The van der Waals surface area contributed by atoms with E-state index < -0.39 is 5.92 Å². The molecule has 0 saturated carbocycles. The van der Waals surface area contributed by atoms with E-state index in [1.165, 1.54) is 0 Å². The monoisotopic (exact) mass is 468 g/mol. The Hall–Kier alpha value is -3.59. The van der Waals surface area contributed by atoms with Crippen molar-refractivity contribution < 1.29 is 19.1 Å². The minimum Gasteiger partial charge on any atom is -0.454 e.